The van der Waals surface area contributed by atoms with Gasteiger partial charge in [-0.3, -0.25) is 9.59 Å². The smallest absolute Gasteiger partial charge is 0.307 e. The molecule has 2 N–H and O–H groups in total. The fraction of sp³-hybridized carbons (Fsp3) is 0.429. The number of nitrogens with one attached hydrogen (secondary N) is 1. The molecular formula is C14H17NO3. The predicted molar refractivity (Wildman–Crippen MR) is 67.0 cm³/mol. The van der Waals surface area contributed by atoms with Gasteiger partial charge < -0.3 is 10.4 Å². The van der Waals surface area contributed by atoms with Crippen LogP contribution in [0, 0.1) is 18.8 Å². The van der Waals surface area contributed by atoms with Crippen molar-refractivity contribution >= 4 is 11.9 Å². The molecule has 1 saturated carbocycles. The van der Waals surface area contributed by atoms with Gasteiger partial charge in [0.25, 0.3) is 0 Å². The number of carbonyl (C=O) groups excluding carboxylic acids is 1. The molecule has 1 aliphatic carbocycles. The summed E-state index contributed by atoms with van der Waals surface area (Å²) < 4.78 is 0. The number of benzene rings is 1. The molecule has 0 aliphatic heterocycles. The number of carboxylic acid groups (broad SMARTS) is 1. The fourth-order valence-corrected chi connectivity index (χ4v) is 2.02. The first-order chi connectivity index (χ1) is 8.49. The van der Waals surface area contributed by atoms with Crippen LogP contribution in [0.2, 0.25) is 0 Å². The van der Waals surface area contributed by atoms with Crippen molar-refractivity contribution in [1.29, 1.82) is 0 Å². The van der Waals surface area contributed by atoms with Crippen LogP contribution in [0.15, 0.2) is 24.3 Å². The molecule has 1 aromatic rings. The maximum atomic E-state index is 11.8. The lowest BCUT2D eigenvalue weighted by atomic mass is 10.1. The van der Waals surface area contributed by atoms with Crippen molar-refractivity contribution in [2.24, 2.45) is 11.8 Å². The molecule has 1 aromatic carbocycles. The number of amides is 1. The van der Waals surface area contributed by atoms with Gasteiger partial charge in [-0.1, -0.05) is 29.8 Å². The quantitative estimate of drug-likeness (QED) is 0.853. The standard InChI is InChI=1S/C14H17NO3/c1-8-3-5-10(6-4-8)9(2)15-13(16)11-7-12(11)14(17)18/h3-6,9,11-12H,7H2,1-2H3,(H,15,16)(H,17,18)/t9-,11-,12+/m1/s1. The topological polar surface area (TPSA) is 66.4 Å². The highest BCUT2D eigenvalue weighted by molar-refractivity contribution is 5.89. The zero-order chi connectivity index (χ0) is 13.3. The molecule has 3 atom stereocenters. The van der Waals surface area contributed by atoms with Gasteiger partial charge in [0.15, 0.2) is 0 Å². The number of carbonyl (C=O) groups is 2. The molecule has 4 nitrogen and oxygen atoms in total. The molecule has 0 bridgehead atoms. The van der Waals surface area contributed by atoms with Gasteiger partial charge >= 0.3 is 5.97 Å². The highest BCUT2D eigenvalue weighted by Crippen LogP contribution is 2.39. The van der Waals surface area contributed by atoms with E-state index in [1.54, 1.807) is 0 Å². The summed E-state index contributed by atoms with van der Waals surface area (Å²) >= 11 is 0. The van der Waals surface area contributed by atoms with Crippen molar-refractivity contribution in [3.63, 3.8) is 0 Å². The van der Waals surface area contributed by atoms with Gasteiger partial charge in [0, 0.05) is 0 Å². The van der Waals surface area contributed by atoms with E-state index in [1.165, 1.54) is 5.56 Å². The summed E-state index contributed by atoms with van der Waals surface area (Å²) in [4.78, 5) is 22.5. The van der Waals surface area contributed by atoms with Crippen molar-refractivity contribution in [2.75, 3.05) is 0 Å². The Morgan fingerprint density at radius 1 is 1.28 bits per heavy atom. The Kier molecular flexibility index (Phi) is 3.36. The van der Waals surface area contributed by atoms with E-state index in [0.29, 0.717) is 6.42 Å². The van der Waals surface area contributed by atoms with E-state index in [0.717, 1.165) is 5.56 Å². The van der Waals surface area contributed by atoms with Crippen molar-refractivity contribution in [3.8, 4) is 0 Å². The highest BCUT2D eigenvalue weighted by Gasteiger charge is 2.48. The average molecular weight is 247 g/mol. The van der Waals surface area contributed by atoms with Gasteiger partial charge in [-0.25, -0.2) is 0 Å². The van der Waals surface area contributed by atoms with E-state index in [-0.39, 0.29) is 17.9 Å². The van der Waals surface area contributed by atoms with E-state index in [9.17, 15) is 9.59 Å². The minimum atomic E-state index is -0.877. The molecule has 0 aromatic heterocycles. The molecule has 2 rings (SSSR count). The maximum Gasteiger partial charge on any atom is 0.307 e. The zero-order valence-electron chi connectivity index (χ0n) is 10.5. The predicted octanol–water partition coefficient (Wildman–Crippen LogP) is 1.89. The first-order valence-electron chi connectivity index (χ1n) is 6.09. The van der Waals surface area contributed by atoms with Crippen LogP contribution in [0.3, 0.4) is 0 Å². The molecule has 0 heterocycles. The second kappa shape index (κ2) is 4.80. The van der Waals surface area contributed by atoms with Crippen LogP contribution in [-0.2, 0) is 9.59 Å². The Bertz CT molecular complexity index is 466. The Morgan fingerprint density at radius 2 is 1.89 bits per heavy atom. The van der Waals surface area contributed by atoms with Gasteiger partial charge in [0.05, 0.1) is 17.9 Å². The van der Waals surface area contributed by atoms with Crippen LogP contribution in [0.1, 0.15) is 30.5 Å². The molecule has 4 heteroatoms. The third-order valence-corrected chi connectivity index (χ3v) is 3.38. The maximum absolute atomic E-state index is 11.8. The van der Waals surface area contributed by atoms with Crippen molar-refractivity contribution in [2.45, 2.75) is 26.3 Å². The second-order valence-corrected chi connectivity index (χ2v) is 4.93. The third kappa shape index (κ3) is 2.70. The molecule has 96 valence electrons. The molecule has 0 radical (unpaired) electrons. The number of aliphatic carboxylic acids is 1. The van der Waals surface area contributed by atoms with Crippen LogP contribution in [0.5, 0.6) is 0 Å². The lowest BCUT2D eigenvalue weighted by Crippen LogP contribution is -2.29. The lowest BCUT2D eigenvalue weighted by Gasteiger charge is -2.14. The third-order valence-electron chi connectivity index (χ3n) is 3.38. The second-order valence-electron chi connectivity index (χ2n) is 4.93. The van der Waals surface area contributed by atoms with E-state index < -0.39 is 11.9 Å². The van der Waals surface area contributed by atoms with Crippen LogP contribution < -0.4 is 5.32 Å². The van der Waals surface area contributed by atoms with E-state index >= 15 is 0 Å². The molecule has 0 saturated heterocycles. The summed E-state index contributed by atoms with van der Waals surface area (Å²) in [6.07, 6.45) is 0.460. The summed E-state index contributed by atoms with van der Waals surface area (Å²) in [5.74, 6) is -1.88. The van der Waals surface area contributed by atoms with Crippen molar-refractivity contribution in [1.82, 2.24) is 5.32 Å². The number of rotatable bonds is 4. The van der Waals surface area contributed by atoms with Crippen LogP contribution in [-0.4, -0.2) is 17.0 Å². The molecule has 1 aliphatic rings. The van der Waals surface area contributed by atoms with Gasteiger partial charge in [0.2, 0.25) is 5.91 Å². The highest BCUT2D eigenvalue weighted by atomic mass is 16.4. The number of hydrogen-bond donors (Lipinski definition) is 2. The summed E-state index contributed by atoms with van der Waals surface area (Å²) in [5, 5.41) is 11.6. The first-order valence-corrected chi connectivity index (χ1v) is 6.09. The van der Waals surface area contributed by atoms with Gasteiger partial charge in [-0.05, 0) is 25.8 Å². The normalized spacial score (nSPS) is 23.2. The average Bonchev–Trinajstić information content (AvgIpc) is 3.09. The fourth-order valence-electron chi connectivity index (χ4n) is 2.02. The Morgan fingerprint density at radius 3 is 2.39 bits per heavy atom. The van der Waals surface area contributed by atoms with E-state index in [4.69, 9.17) is 5.11 Å². The minimum absolute atomic E-state index is 0.0897. The van der Waals surface area contributed by atoms with E-state index in [2.05, 4.69) is 5.32 Å². The molecule has 0 unspecified atom stereocenters. The zero-order valence-corrected chi connectivity index (χ0v) is 10.5. The summed E-state index contributed by atoms with van der Waals surface area (Å²) in [6, 6.07) is 7.85. The molecule has 1 fully saturated rings. The number of aryl methyl sites for hydroxylation is 1. The molecule has 18 heavy (non-hydrogen) atoms. The van der Waals surface area contributed by atoms with Gasteiger partial charge in [-0.2, -0.15) is 0 Å². The Balaban J connectivity index is 1.92. The Hall–Kier alpha value is -1.84. The van der Waals surface area contributed by atoms with Gasteiger partial charge in [0.1, 0.15) is 0 Å². The lowest BCUT2D eigenvalue weighted by molar-refractivity contribution is -0.140. The van der Waals surface area contributed by atoms with Crippen LogP contribution in [0.4, 0.5) is 0 Å². The monoisotopic (exact) mass is 247 g/mol. The summed E-state index contributed by atoms with van der Waals surface area (Å²) in [6.45, 7) is 3.91. The Labute approximate surface area is 106 Å². The summed E-state index contributed by atoms with van der Waals surface area (Å²) in [5.41, 5.74) is 2.20. The SMILES string of the molecule is Cc1ccc([C@@H](C)NC(=O)[C@@H]2C[C@@H]2C(=O)O)cc1. The molecule has 1 amide bonds. The van der Waals surface area contributed by atoms with E-state index in [1.807, 2.05) is 38.1 Å². The van der Waals surface area contributed by atoms with Crippen LogP contribution >= 0.6 is 0 Å². The number of carboxylic acids is 1. The molecule has 0 spiro atoms. The first kappa shape index (κ1) is 12.6. The minimum Gasteiger partial charge on any atom is -0.481 e. The number of hydrogen-bond acceptors (Lipinski definition) is 2. The molecular weight excluding hydrogens is 230 g/mol. The summed E-state index contributed by atoms with van der Waals surface area (Å²) in [7, 11) is 0. The van der Waals surface area contributed by atoms with Crippen molar-refractivity contribution < 1.29 is 14.7 Å². The van der Waals surface area contributed by atoms with Crippen LogP contribution in [0.25, 0.3) is 0 Å². The largest absolute Gasteiger partial charge is 0.481 e. The van der Waals surface area contributed by atoms with Crippen molar-refractivity contribution in [3.05, 3.63) is 35.4 Å². The van der Waals surface area contributed by atoms with Gasteiger partial charge in [-0.15, -0.1) is 0 Å².